The Morgan fingerprint density at radius 3 is 2.65 bits per heavy atom. The lowest BCUT2D eigenvalue weighted by atomic mass is 10.2. The van der Waals surface area contributed by atoms with Crippen LogP contribution < -0.4 is 0 Å². The summed E-state index contributed by atoms with van der Waals surface area (Å²) in [5, 5.41) is 10.2. The van der Waals surface area contributed by atoms with E-state index in [0.29, 0.717) is 27.8 Å². The molecule has 0 spiro atoms. The average molecular weight is 365 g/mol. The molecule has 5 aromatic rings. The molecular weight excluding hydrogens is 355 g/mol. The first-order valence-corrected chi connectivity index (χ1v) is 8.18. The van der Waals surface area contributed by atoms with Crippen LogP contribution in [-0.2, 0) is 0 Å². The summed E-state index contributed by atoms with van der Waals surface area (Å²) < 4.78 is 16.4. The molecule has 0 N–H and O–H groups in total. The second-order valence-corrected chi connectivity index (χ2v) is 6.17. The van der Waals surface area contributed by atoms with Gasteiger partial charge in [-0.25, -0.2) is 23.6 Å². The van der Waals surface area contributed by atoms with Crippen LogP contribution in [0, 0.1) is 5.82 Å². The van der Waals surface area contributed by atoms with E-state index in [4.69, 9.17) is 11.6 Å². The molecule has 0 saturated heterocycles. The van der Waals surface area contributed by atoms with Crippen molar-refractivity contribution in [3.63, 3.8) is 0 Å². The molecule has 2 aromatic carbocycles. The lowest BCUT2D eigenvalue weighted by Gasteiger charge is -2.02. The molecule has 126 valence electrons. The first-order valence-electron chi connectivity index (χ1n) is 7.80. The molecule has 8 heteroatoms. The third-order valence-corrected chi connectivity index (χ3v) is 4.29. The topological polar surface area (TPSA) is 60.9 Å². The maximum atomic E-state index is 13.2. The Morgan fingerprint density at radius 2 is 1.85 bits per heavy atom. The number of benzene rings is 2. The van der Waals surface area contributed by atoms with Gasteiger partial charge in [0.05, 0.1) is 17.3 Å². The molecule has 3 aromatic heterocycles. The Balaban J connectivity index is 1.70. The predicted molar refractivity (Wildman–Crippen MR) is 95.8 cm³/mol. The standard InChI is InChI=1S/C18H10ClFN6/c19-12-3-1-2-11(8-12)16-23-18-15-9-22-26(14-6-4-13(20)5-7-14)17(15)21-10-25(18)24-16/h1-10H. The molecule has 0 radical (unpaired) electrons. The van der Waals surface area contributed by atoms with E-state index < -0.39 is 0 Å². The van der Waals surface area contributed by atoms with Gasteiger partial charge in [-0.2, -0.15) is 5.10 Å². The number of rotatable bonds is 2. The molecule has 0 atom stereocenters. The van der Waals surface area contributed by atoms with Crippen LogP contribution in [-0.4, -0.2) is 29.4 Å². The molecule has 0 aliphatic rings. The van der Waals surface area contributed by atoms with Crippen molar-refractivity contribution in [2.75, 3.05) is 0 Å². The molecule has 0 aliphatic heterocycles. The highest BCUT2D eigenvalue weighted by atomic mass is 35.5. The molecule has 0 aliphatic carbocycles. The van der Waals surface area contributed by atoms with E-state index in [1.54, 1.807) is 39.9 Å². The summed E-state index contributed by atoms with van der Waals surface area (Å²) in [5.74, 6) is 0.250. The first kappa shape index (κ1) is 15.0. The minimum atomic E-state index is -0.302. The van der Waals surface area contributed by atoms with Gasteiger partial charge in [0, 0.05) is 10.6 Å². The predicted octanol–water partition coefficient (Wildman–Crippen LogP) is 3.92. The van der Waals surface area contributed by atoms with E-state index in [1.807, 2.05) is 18.2 Å². The molecule has 6 nitrogen and oxygen atoms in total. The van der Waals surface area contributed by atoms with Crippen LogP contribution in [0.15, 0.2) is 61.1 Å². The lowest BCUT2D eigenvalue weighted by Crippen LogP contribution is -1.99. The van der Waals surface area contributed by atoms with E-state index in [9.17, 15) is 4.39 Å². The second-order valence-electron chi connectivity index (χ2n) is 5.73. The average Bonchev–Trinajstić information content (AvgIpc) is 3.26. The second kappa shape index (κ2) is 5.60. The zero-order valence-corrected chi connectivity index (χ0v) is 14.0. The number of aromatic nitrogens is 6. The summed E-state index contributed by atoms with van der Waals surface area (Å²) in [7, 11) is 0. The van der Waals surface area contributed by atoms with Gasteiger partial charge >= 0.3 is 0 Å². The number of fused-ring (bicyclic) bond motifs is 3. The maximum Gasteiger partial charge on any atom is 0.182 e. The molecule has 0 saturated carbocycles. The Hall–Kier alpha value is -3.32. The molecule has 0 bridgehead atoms. The summed E-state index contributed by atoms with van der Waals surface area (Å²) >= 11 is 6.06. The highest BCUT2D eigenvalue weighted by molar-refractivity contribution is 6.30. The summed E-state index contributed by atoms with van der Waals surface area (Å²) in [6.07, 6.45) is 3.26. The van der Waals surface area contributed by atoms with Crippen molar-refractivity contribution < 1.29 is 4.39 Å². The van der Waals surface area contributed by atoms with Crippen molar-refractivity contribution in [1.29, 1.82) is 0 Å². The third kappa shape index (κ3) is 2.33. The molecule has 0 fully saturated rings. The fourth-order valence-electron chi connectivity index (χ4n) is 2.84. The van der Waals surface area contributed by atoms with Gasteiger partial charge in [-0.05, 0) is 36.4 Å². The zero-order chi connectivity index (χ0) is 17.7. The highest BCUT2D eigenvalue weighted by Gasteiger charge is 2.14. The van der Waals surface area contributed by atoms with Gasteiger partial charge in [0.1, 0.15) is 12.1 Å². The van der Waals surface area contributed by atoms with Crippen molar-refractivity contribution in [1.82, 2.24) is 29.4 Å². The van der Waals surface area contributed by atoms with Crippen molar-refractivity contribution >= 4 is 28.3 Å². The van der Waals surface area contributed by atoms with Gasteiger partial charge in [-0.3, -0.25) is 0 Å². The molecular formula is C18H10ClFN6. The minimum absolute atomic E-state index is 0.302. The van der Waals surface area contributed by atoms with Gasteiger partial charge in [0.2, 0.25) is 0 Å². The number of hydrogen-bond acceptors (Lipinski definition) is 4. The van der Waals surface area contributed by atoms with Gasteiger partial charge in [-0.1, -0.05) is 23.7 Å². The van der Waals surface area contributed by atoms with Crippen molar-refractivity contribution in [2.45, 2.75) is 0 Å². The van der Waals surface area contributed by atoms with E-state index in [-0.39, 0.29) is 5.82 Å². The van der Waals surface area contributed by atoms with Crippen LogP contribution in [0.2, 0.25) is 5.02 Å². The normalized spacial score (nSPS) is 11.5. The SMILES string of the molecule is Fc1ccc(-n2ncc3c2ncn2nc(-c4cccc(Cl)c4)nc32)cc1. The largest absolute Gasteiger partial charge is 0.216 e. The van der Waals surface area contributed by atoms with Gasteiger partial charge < -0.3 is 0 Å². The fraction of sp³-hybridized carbons (Fsp3) is 0. The molecule has 0 amide bonds. The zero-order valence-electron chi connectivity index (χ0n) is 13.2. The Morgan fingerprint density at radius 1 is 1.00 bits per heavy atom. The summed E-state index contributed by atoms with van der Waals surface area (Å²) in [5.41, 5.74) is 2.79. The Kier molecular flexibility index (Phi) is 3.23. The number of nitrogens with zero attached hydrogens (tertiary/aromatic N) is 6. The Bertz CT molecular complexity index is 1260. The van der Waals surface area contributed by atoms with Crippen LogP contribution in [0.1, 0.15) is 0 Å². The number of hydrogen-bond donors (Lipinski definition) is 0. The van der Waals surface area contributed by atoms with Crippen molar-refractivity contribution in [3.8, 4) is 17.1 Å². The van der Waals surface area contributed by atoms with Gasteiger partial charge in [0.25, 0.3) is 0 Å². The van der Waals surface area contributed by atoms with E-state index in [2.05, 4.69) is 20.2 Å². The summed E-state index contributed by atoms with van der Waals surface area (Å²) in [6, 6.07) is 13.4. The maximum absolute atomic E-state index is 13.2. The van der Waals surface area contributed by atoms with Crippen LogP contribution in [0.3, 0.4) is 0 Å². The van der Waals surface area contributed by atoms with E-state index in [1.165, 1.54) is 12.1 Å². The molecule has 3 heterocycles. The smallest absolute Gasteiger partial charge is 0.182 e. The van der Waals surface area contributed by atoms with Crippen LogP contribution >= 0.6 is 11.6 Å². The Labute approximate surface area is 151 Å². The van der Waals surface area contributed by atoms with Crippen LogP contribution in [0.4, 0.5) is 4.39 Å². The molecule has 0 unspecified atom stereocenters. The highest BCUT2D eigenvalue weighted by Crippen LogP contribution is 2.24. The van der Waals surface area contributed by atoms with Gasteiger partial charge in [0.15, 0.2) is 17.1 Å². The third-order valence-electron chi connectivity index (χ3n) is 4.06. The van der Waals surface area contributed by atoms with Gasteiger partial charge in [-0.15, -0.1) is 5.10 Å². The fourth-order valence-corrected chi connectivity index (χ4v) is 3.03. The first-order chi connectivity index (χ1) is 12.7. The summed E-state index contributed by atoms with van der Waals surface area (Å²) in [6.45, 7) is 0. The van der Waals surface area contributed by atoms with E-state index in [0.717, 1.165) is 10.9 Å². The van der Waals surface area contributed by atoms with Crippen molar-refractivity contribution in [3.05, 3.63) is 71.9 Å². The number of halogens is 2. The quantitative estimate of drug-likeness (QED) is 0.476. The summed E-state index contributed by atoms with van der Waals surface area (Å²) in [4.78, 5) is 9.05. The lowest BCUT2D eigenvalue weighted by molar-refractivity contribution is 0.627. The monoisotopic (exact) mass is 364 g/mol. The van der Waals surface area contributed by atoms with Crippen LogP contribution in [0.25, 0.3) is 33.8 Å². The minimum Gasteiger partial charge on any atom is -0.216 e. The van der Waals surface area contributed by atoms with Crippen LogP contribution in [0.5, 0.6) is 0 Å². The van der Waals surface area contributed by atoms with Crippen molar-refractivity contribution in [2.24, 2.45) is 0 Å². The van der Waals surface area contributed by atoms with E-state index >= 15 is 0 Å². The molecule has 5 rings (SSSR count). The molecule has 26 heavy (non-hydrogen) atoms.